The van der Waals surface area contributed by atoms with Gasteiger partial charge in [0.2, 0.25) is 0 Å². The van der Waals surface area contributed by atoms with Gasteiger partial charge in [-0.2, -0.15) is 0 Å². The lowest BCUT2D eigenvalue weighted by atomic mass is 9.70. The molecule has 4 nitrogen and oxygen atoms in total. The minimum Gasteiger partial charge on any atom is -0.393 e. The van der Waals surface area contributed by atoms with Crippen LogP contribution in [0.15, 0.2) is 0 Å². The maximum atomic E-state index is 10.8. The maximum absolute atomic E-state index is 10.8. The van der Waals surface area contributed by atoms with E-state index in [1.165, 1.54) is 0 Å². The molecule has 0 aliphatic heterocycles. The molecule has 170 valence electrons. The molecule has 0 aromatic rings. The summed E-state index contributed by atoms with van der Waals surface area (Å²) >= 11 is 0. The van der Waals surface area contributed by atoms with Gasteiger partial charge in [-0.1, -0.05) is 75.7 Å². The van der Waals surface area contributed by atoms with E-state index in [9.17, 15) is 20.4 Å². The maximum Gasteiger partial charge on any atom is 0.0805 e. The van der Waals surface area contributed by atoms with E-state index in [4.69, 9.17) is 0 Å². The van der Waals surface area contributed by atoms with Crippen LogP contribution >= 0.6 is 0 Å². The summed E-state index contributed by atoms with van der Waals surface area (Å²) in [6, 6.07) is 0. The first-order chi connectivity index (χ1) is 12.3. The summed E-state index contributed by atoms with van der Waals surface area (Å²) in [7, 11) is 0. The molecule has 4 atom stereocenters. The molecule has 0 amide bonds. The molecule has 4 heteroatoms. The zero-order valence-corrected chi connectivity index (χ0v) is 20.3. The van der Waals surface area contributed by atoms with Crippen molar-refractivity contribution >= 4 is 0 Å². The quantitative estimate of drug-likeness (QED) is 0.374. The Balaban J connectivity index is 4.92. The van der Waals surface area contributed by atoms with Crippen molar-refractivity contribution in [3.05, 3.63) is 0 Å². The second kappa shape index (κ2) is 10.2. The highest BCUT2D eigenvalue weighted by Gasteiger charge is 2.39. The molecular weight excluding hydrogens is 352 g/mol. The fourth-order valence-electron chi connectivity index (χ4n) is 4.06. The van der Waals surface area contributed by atoms with Crippen molar-refractivity contribution in [3.8, 4) is 0 Å². The van der Waals surface area contributed by atoms with E-state index in [2.05, 4.69) is 41.5 Å². The molecule has 0 aromatic heterocycles. The highest BCUT2D eigenvalue weighted by molar-refractivity contribution is 4.90. The number of rotatable bonds is 12. The van der Waals surface area contributed by atoms with Gasteiger partial charge >= 0.3 is 0 Å². The van der Waals surface area contributed by atoms with Crippen LogP contribution in [0.5, 0.6) is 0 Å². The third-order valence-corrected chi connectivity index (χ3v) is 6.20. The summed E-state index contributed by atoms with van der Waals surface area (Å²) in [5.74, 6) is 0. The molecule has 0 saturated carbocycles. The molecule has 0 aliphatic rings. The second-order valence-corrected chi connectivity index (χ2v) is 12.4. The molecule has 4 N–H and O–H groups in total. The van der Waals surface area contributed by atoms with Crippen molar-refractivity contribution in [2.45, 2.75) is 132 Å². The standard InChI is InChI=1S/C24H50O4/c1-11-12-22(5,6)16-20(28)24(9,10)14-18(26)17(25)13-23(7,8)19(27)15-21(2,3)4/h17-20,25-28H,11-16H2,1-10H3. The van der Waals surface area contributed by atoms with Crippen LogP contribution in [-0.4, -0.2) is 44.8 Å². The topological polar surface area (TPSA) is 80.9 Å². The zero-order chi connectivity index (χ0) is 22.6. The van der Waals surface area contributed by atoms with Gasteiger partial charge in [-0.3, -0.25) is 0 Å². The van der Waals surface area contributed by atoms with Crippen molar-refractivity contribution in [3.63, 3.8) is 0 Å². The van der Waals surface area contributed by atoms with Gasteiger partial charge in [-0.05, 0) is 53.8 Å². The molecule has 0 fully saturated rings. The minimum absolute atomic E-state index is 0.00233. The number of hydrogen-bond donors (Lipinski definition) is 4. The van der Waals surface area contributed by atoms with Crippen molar-refractivity contribution in [2.24, 2.45) is 21.7 Å². The SMILES string of the molecule is CCCC(C)(C)CC(O)C(C)(C)CC(O)C(O)CC(C)(C)C(O)CC(C)(C)C. The molecule has 0 radical (unpaired) electrons. The van der Waals surface area contributed by atoms with Crippen LogP contribution in [0.4, 0.5) is 0 Å². The second-order valence-electron chi connectivity index (χ2n) is 12.4. The normalized spacial score (nSPS) is 18.6. The Kier molecular flexibility index (Phi) is 10.2. The van der Waals surface area contributed by atoms with E-state index in [1.807, 2.05) is 27.7 Å². The van der Waals surface area contributed by atoms with E-state index in [1.54, 1.807) is 0 Å². The van der Waals surface area contributed by atoms with E-state index >= 15 is 0 Å². The lowest BCUT2D eigenvalue weighted by Crippen LogP contribution is -2.43. The van der Waals surface area contributed by atoms with Gasteiger partial charge in [0.05, 0.1) is 24.4 Å². The van der Waals surface area contributed by atoms with Gasteiger partial charge in [-0.15, -0.1) is 0 Å². The van der Waals surface area contributed by atoms with E-state index in [0.717, 1.165) is 12.8 Å². The average Bonchev–Trinajstić information content (AvgIpc) is 2.43. The van der Waals surface area contributed by atoms with Crippen molar-refractivity contribution in [1.29, 1.82) is 0 Å². The highest BCUT2D eigenvalue weighted by Crippen LogP contribution is 2.39. The van der Waals surface area contributed by atoms with E-state index in [0.29, 0.717) is 25.7 Å². The average molecular weight is 403 g/mol. The lowest BCUT2D eigenvalue weighted by molar-refractivity contribution is -0.0772. The largest absolute Gasteiger partial charge is 0.393 e. The Labute approximate surface area is 174 Å². The molecule has 0 heterocycles. The van der Waals surface area contributed by atoms with Gasteiger partial charge in [0, 0.05) is 0 Å². The molecule has 0 aliphatic carbocycles. The molecular formula is C24H50O4. The molecule has 0 spiro atoms. The van der Waals surface area contributed by atoms with Crippen LogP contribution in [-0.2, 0) is 0 Å². The first kappa shape index (κ1) is 27.8. The fraction of sp³-hybridized carbons (Fsp3) is 1.00. The minimum atomic E-state index is -0.931. The summed E-state index contributed by atoms with van der Waals surface area (Å²) < 4.78 is 0. The van der Waals surface area contributed by atoms with Crippen LogP contribution in [0.3, 0.4) is 0 Å². The predicted molar refractivity (Wildman–Crippen MR) is 118 cm³/mol. The summed E-state index contributed by atoms with van der Waals surface area (Å²) in [6.07, 6.45) is 1.12. The van der Waals surface area contributed by atoms with Gasteiger partial charge < -0.3 is 20.4 Å². The van der Waals surface area contributed by atoms with Gasteiger partial charge in [-0.25, -0.2) is 0 Å². The Bertz CT molecular complexity index is 448. The Morgan fingerprint density at radius 1 is 0.571 bits per heavy atom. The van der Waals surface area contributed by atoms with Gasteiger partial charge in [0.15, 0.2) is 0 Å². The van der Waals surface area contributed by atoms with Gasteiger partial charge in [0.25, 0.3) is 0 Å². The lowest BCUT2D eigenvalue weighted by Gasteiger charge is -2.40. The predicted octanol–water partition coefficient (Wildman–Crippen LogP) is 4.92. The third kappa shape index (κ3) is 10.0. The number of hydrogen-bond acceptors (Lipinski definition) is 4. The Hall–Kier alpha value is -0.160. The van der Waals surface area contributed by atoms with Crippen LogP contribution in [0.25, 0.3) is 0 Å². The Morgan fingerprint density at radius 3 is 1.25 bits per heavy atom. The van der Waals surface area contributed by atoms with Crippen LogP contribution in [0, 0.1) is 21.7 Å². The number of aliphatic hydroxyl groups excluding tert-OH is 4. The van der Waals surface area contributed by atoms with Gasteiger partial charge in [0.1, 0.15) is 0 Å². The smallest absolute Gasteiger partial charge is 0.0805 e. The van der Waals surface area contributed by atoms with Crippen LogP contribution < -0.4 is 0 Å². The molecule has 4 unspecified atom stereocenters. The van der Waals surface area contributed by atoms with E-state index in [-0.39, 0.29) is 10.8 Å². The molecule has 0 rings (SSSR count). The zero-order valence-electron chi connectivity index (χ0n) is 20.3. The molecule has 0 bridgehead atoms. The van der Waals surface area contributed by atoms with Crippen LogP contribution in [0.1, 0.15) is 108 Å². The van der Waals surface area contributed by atoms with Crippen molar-refractivity contribution in [2.75, 3.05) is 0 Å². The first-order valence-corrected chi connectivity index (χ1v) is 11.1. The van der Waals surface area contributed by atoms with Crippen molar-refractivity contribution in [1.82, 2.24) is 0 Å². The monoisotopic (exact) mass is 402 g/mol. The summed E-state index contributed by atoms with van der Waals surface area (Å²) in [5, 5.41) is 42.7. The van der Waals surface area contributed by atoms with Crippen molar-refractivity contribution < 1.29 is 20.4 Å². The summed E-state index contributed by atoms with van der Waals surface area (Å²) in [4.78, 5) is 0. The highest BCUT2D eigenvalue weighted by atomic mass is 16.3. The summed E-state index contributed by atoms with van der Waals surface area (Å²) in [6.45, 7) is 20.5. The summed E-state index contributed by atoms with van der Waals surface area (Å²) in [5.41, 5.74) is -0.954. The fourth-order valence-corrected chi connectivity index (χ4v) is 4.06. The molecule has 0 aromatic carbocycles. The molecule has 0 saturated heterocycles. The third-order valence-electron chi connectivity index (χ3n) is 6.20. The first-order valence-electron chi connectivity index (χ1n) is 11.1. The molecule has 28 heavy (non-hydrogen) atoms. The van der Waals surface area contributed by atoms with Crippen LogP contribution in [0.2, 0.25) is 0 Å². The number of aliphatic hydroxyl groups is 4. The van der Waals surface area contributed by atoms with E-state index < -0.39 is 35.2 Å². The Morgan fingerprint density at radius 2 is 0.929 bits per heavy atom.